The molecule has 2 N–H and O–H groups in total. The summed E-state index contributed by atoms with van der Waals surface area (Å²) in [5, 5.41) is 0. The van der Waals surface area contributed by atoms with Gasteiger partial charge in [-0.3, -0.25) is 0 Å². The monoisotopic (exact) mass is 518 g/mol. The third-order valence-corrected chi connectivity index (χ3v) is 0. The molecule has 6 heteroatoms. The van der Waals surface area contributed by atoms with Crippen molar-refractivity contribution in [2.75, 3.05) is 0 Å². The van der Waals surface area contributed by atoms with Crippen LogP contribution in [0.1, 0.15) is 0 Å². The SMILES string of the molecule is O.[Br-].[Br-].[Br-].[Br-].[W]. The van der Waals surface area contributed by atoms with Crippen LogP contribution < -0.4 is 67.9 Å². The van der Waals surface area contributed by atoms with Crippen molar-refractivity contribution in [2.45, 2.75) is 0 Å². The third-order valence-electron chi connectivity index (χ3n) is 0. The second-order valence-electron chi connectivity index (χ2n) is 0. The van der Waals surface area contributed by atoms with Gasteiger partial charge in [0.15, 0.2) is 0 Å². The Morgan fingerprint density at radius 3 is 0.500 bits per heavy atom. The van der Waals surface area contributed by atoms with Gasteiger partial charge in [0.1, 0.15) is 0 Å². The normalized spacial score (nSPS) is 0. The topological polar surface area (TPSA) is 31.5 Å². The minimum atomic E-state index is 0. The first-order valence-electron chi connectivity index (χ1n) is 0. The van der Waals surface area contributed by atoms with Crippen LogP contribution in [0.5, 0.6) is 0 Å². The molecule has 0 amide bonds. The van der Waals surface area contributed by atoms with E-state index in [0.29, 0.717) is 0 Å². The Kier molecular flexibility index (Phi) is 614. The summed E-state index contributed by atoms with van der Waals surface area (Å²) in [5.41, 5.74) is 0. The molecule has 0 aliphatic heterocycles. The fraction of sp³-hybridized carbons (Fsp3) is 0. The Labute approximate surface area is 93.3 Å². The van der Waals surface area contributed by atoms with Crippen molar-refractivity contribution in [1.82, 2.24) is 0 Å². The van der Waals surface area contributed by atoms with Crippen molar-refractivity contribution in [2.24, 2.45) is 0 Å². The van der Waals surface area contributed by atoms with Crippen molar-refractivity contribution in [3.63, 3.8) is 0 Å². The minimum Gasteiger partial charge on any atom is -1.00 e. The van der Waals surface area contributed by atoms with Crippen LogP contribution in [0.15, 0.2) is 0 Å². The zero-order valence-corrected chi connectivity index (χ0v) is 11.7. The van der Waals surface area contributed by atoms with Gasteiger partial charge in [0, 0.05) is 21.1 Å². The minimum absolute atomic E-state index is 0. The summed E-state index contributed by atoms with van der Waals surface area (Å²) >= 11 is 0. The van der Waals surface area contributed by atoms with E-state index in [4.69, 9.17) is 0 Å². The van der Waals surface area contributed by atoms with E-state index < -0.39 is 0 Å². The van der Waals surface area contributed by atoms with Gasteiger partial charge in [0.05, 0.1) is 0 Å². The maximum Gasteiger partial charge on any atom is 0 e. The fourth-order valence-electron chi connectivity index (χ4n) is 0. The van der Waals surface area contributed by atoms with E-state index in [-0.39, 0.29) is 94.5 Å². The first-order valence-corrected chi connectivity index (χ1v) is 0. The second-order valence-corrected chi connectivity index (χ2v) is 0. The van der Waals surface area contributed by atoms with Gasteiger partial charge in [-0.15, -0.1) is 0 Å². The molecule has 0 aromatic carbocycles. The predicted octanol–water partition coefficient (Wildman–Crippen LogP) is -12.8. The summed E-state index contributed by atoms with van der Waals surface area (Å²) in [6.45, 7) is 0. The Bertz CT molecular complexity index is 7.51. The Balaban J connectivity index is 0. The van der Waals surface area contributed by atoms with E-state index in [9.17, 15) is 0 Å². The van der Waals surface area contributed by atoms with Gasteiger partial charge in [0.2, 0.25) is 0 Å². The quantitative estimate of drug-likeness (QED) is 0.304. The summed E-state index contributed by atoms with van der Waals surface area (Å²) in [6.07, 6.45) is 0. The van der Waals surface area contributed by atoms with Gasteiger partial charge in [-0.1, -0.05) is 0 Å². The molecule has 0 fully saturated rings. The number of hydrogen-bond acceptors (Lipinski definition) is 0. The molecule has 46 valence electrons. The van der Waals surface area contributed by atoms with Gasteiger partial charge >= 0.3 is 0 Å². The number of hydrogen-bond donors (Lipinski definition) is 0. The first kappa shape index (κ1) is 74.4. The van der Waals surface area contributed by atoms with Crippen molar-refractivity contribution < 1.29 is 94.5 Å². The summed E-state index contributed by atoms with van der Waals surface area (Å²) in [7, 11) is 0. The number of halogens is 4. The van der Waals surface area contributed by atoms with Crippen LogP contribution in [0.4, 0.5) is 0 Å². The molecule has 0 saturated carbocycles. The van der Waals surface area contributed by atoms with Crippen LogP contribution in [-0.2, 0) is 21.1 Å². The summed E-state index contributed by atoms with van der Waals surface area (Å²) in [4.78, 5) is 0. The molecule has 0 saturated heterocycles. The molecule has 1 nitrogen and oxygen atoms in total. The summed E-state index contributed by atoms with van der Waals surface area (Å²) in [6, 6.07) is 0. The molecular weight excluding hydrogens is 519 g/mol. The van der Waals surface area contributed by atoms with Crippen molar-refractivity contribution in [3.8, 4) is 0 Å². The first-order chi connectivity index (χ1) is 0. The zero-order valence-electron chi connectivity index (χ0n) is 2.42. The molecule has 0 aliphatic carbocycles. The smallest absolute Gasteiger partial charge is 0 e. The van der Waals surface area contributed by atoms with E-state index >= 15 is 0 Å². The zero-order chi connectivity index (χ0) is 0. The Morgan fingerprint density at radius 2 is 0.500 bits per heavy atom. The molecule has 0 aromatic heterocycles. The molecule has 0 aliphatic rings. The summed E-state index contributed by atoms with van der Waals surface area (Å²) < 4.78 is 0. The van der Waals surface area contributed by atoms with E-state index in [1.807, 2.05) is 0 Å². The maximum atomic E-state index is 0. The van der Waals surface area contributed by atoms with Crippen LogP contribution >= 0.6 is 0 Å². The van der Waals surface area contributed by atoms with Crippen LogP contribution in [-0.4, -0.2) is 5.48 Å². The molecule has 0 heterocycles. The van der Waals surface area contributed by atoms with Gasteiger partial charge in [-0.2, -0.15) is 0 Å². The molecule has 6 heavy (non-hydrogen) atoms. The fourth-order valence-corrected chi connectivity index (χ4v) is 0. The summed E-state index contributed by atoms with van der Waals surface area (Å²) in [5.74, 6) is 0. The molecule has 0 unspecified atom stereocenters. The van der Waals surface area contributed by atoms with Crippen molar-refractivity contribution >= 4 is 0 Å². The second kappa shape index (κ2) is 49.5. The molecule has 0 bridgehead atoms. The van der Waals surface area contributed by atoms with Gasteiger partial charge in [-0.05, 0) is 0 Å². The van der Waals surface area contributed by atoms with Gasteiger partial charge in [0.25, 0.3) is 0 Å². The standard InChI is InChI=1S/4BrH.H2O.W/h4*1H;1H2;/p-4. The molecule has 0 spiro atoms. The maximum absolute atomic E-state index is 0. The van der Waals surface area contributed by atoms with Crippen LogP contribution in [0.2, 0.25) is 0 Å². The van der Waals surface area contributed by atoms with Crippen molar-refractivity contribution in [3.05, 3.63) is 0 Å². The third kappa shape index (κ3) is 30.9. The molecule has 0 radical (unpaired) electrons. The van der Waals surface area contributed by atoms with Gasteiger partial charge < -0.3 is 73.4 Å². The average molecular weight is 521 g/mol. The van der Waals surface area contributed by atoms with E-state index in [1.54, 1.807) is 0 Å². The van der Waals surface area contributed by atoms with E-state index in [2.05, 4.69) is 0 Å². The number of rotatable bonds is 0. The van der Waals surface area contributed by atoms with Gasteiger partial charge in [-0.25, -0.2) is 0 Å². The Hall–Kier alpha value is 2.57. The van der Waals surface area contributed by atoms with Crippen LogP contribution in [0.25, 0.3) is 0 Å². The van der Waals surface area contributed by atoms with E-state index in [0.717, 1.165) is 0 Å². The molecule has 0 aromatic rings. The van der Waals surface area contributed by atoms with Crippen LogP contribution in [0, 0.1) is 0 Å². The molecule has 0 rings (SSSR count). The van der Waals surface area contributed by atoms with E-state index in [1.165, 1.54) is 0 Å². The molecular formula is H2Br4OW-4. The largest absolute Gasteiger partial charge is 1.00 e. The Morgan fingerprint density at radius 1 is 0.500 bits per heavy atom. The predicted molar refractivity (Wildman–Crippen MR) is 3.61 cm³/mol. The van der Waals surface area contributed by atoms with Crippen molar-refractivity contribution in [1.29, 1.82) is 0 Å². The average Bonchev–Trinajstić information content (AvgIpc) is 0. The molecule has 0 atom stereocenters. The van der Waals surface area contributed by atoms with Crippen LogP contribution in [0.3, 0.4) is 0 Å².